The third-order valence-electron chi connectivity index (χ3n) is 0. The molecule has 0 amide bonds. The average molecular weight is 560 g/mol. The first-order valence-electron chi connectivity index (χ1n) is 0. The summed E-state index contributed by atoms with van der Waals surface area (Å²) in [6, 6.07) is 0. The fourth-order valence-corrected chi connectivity index (χ4v) is 0. The molecule has 0 fully saturated rings. The Balaban J connectivity index is 0. The van der Waals surface area contributed by atoms with Gasteiger partial charge in [-0.3, -0.25) is 0 Å². The Morgan fingerprint density at radius 3 is 0.400 bits per heavy atom. The smallest absolute Gasteiger partial charge is 0 e. The van der Waals surface area contributed by atoms with Crippen molar-refractivity contribution >= 4 is 95.9 Å². The first-order valence-corrected chi connectivity index (χ1v) is 0. The predicted octanol–water partition coefficient (Wildman–Crippen LogP) is 2.47. The minimum Gasteiger partial charge on any atom is -0.107 e. The number of rotatable bonds is 0. The monoisotopic (exact) mass is 560 g/mol. The Morgan fingerprint density at radius 2 is 0.400 bits per heavy atom. The van der Waals surface area contributed by atoms with Crippen LogP contribution in [0.4, 0.5) is 0 Å². The molecule has 0 spiro atoms. The average Bonchev–Trinajstić information content (AvgIpc) is 0. The van der Waals surface area contributed by atoms with E-state index >= 15 is 0 Å². The minimum absolute atomic E-state index is 0. The van der Waals surface area contributed by atoms with Gasteiger partial charge in [0.1, 0.15) is 0 Å². The molecule has 0 bridgehead atoms. The molecule has 0 radical (unpaired) electrons. The zero-order valence-electron chi connectivity index (χ0n) is 2.13. The van der Waals surface area contributed by atoms with Crippen molar-refractivity contribution in [2.75, 3.05) is 0 Å². The summed E-state index contributed by atoms with van der Waals surface area (Å²) in [7, 11) is 0. The molecule has 0 rings (SSSR count). The van der Waals surface area contributed by atoms with Crippen LogP contribution in [0.1, 0.15) is 0 Å². The molecule has 0 aliphatic heterocycles. The van der Waals surface area contributed by atoms with E-state index in [1.807, 2.05) is 0 Å². The van der Waals surface area contributed by atoms with Crippen LogP contribution >= 0.6 is 95.9 Å². The van der Waals surface area contributed by atoms with Crippen LogP contribution in [0.25, 0.3) is 0 Å². The maximum atomic E-state index is 0. The Labute approximate surface area is 115 Å². The van der Waals surface area contributed by atoms with Gasteiger partial charge in [0.15, 0.2) is 0 Å². The van der Waals surface area contributed by atoms with Gasteiger partial charge in [0.05, 0.1) is 0 Å². The van der Waals surface area contributed by atoms with E-state index in [4.69, 9.17) is 0 Å². The molecule has 0 heterocycles. The summed E-state index contributed by atoms with van der Waals surface area (Å²) in [6.07, 6.45) is 0. The summed E-state index contributed by atoms with van der Waals surface area (Å²) >= 11 is 0. The Hall–Kier alpha value is 3.63. The zero-order valence-corrected chi connectivity index (χ0v) is 13.0. The van der Waals surface area contributed by atoms with E-state index in [2.05, 4.69) is 0 Å². The standard InChI is InChI=1S/4HI.Ti/h4*1H;. The van der Waals surface area contributed by atoms with Crippen molar-refractivity contribution in [1.82, 2.24) is 0 Å². The molecule has 0 saturated carbocycles. The minimum atomic E-state index is 0. The normalized spacial score (nSPS) is 0. The van der Waals surface area contributed by atoms with Crippen molar-refractivity contribution in [2.24, 2.45) is 0 Å². The van der Waals surface area contributed by atoms with Gasteiger partial charge in [0, 0.05) is 21.7 Å². The van der Waals surface area contributed by atoms with Crippen LogP contribution in [0, 0.1) is 0 Å². The molecule has 0 aromatic rings. The van der Waals surface area contributed by atoms with Crippen LogP contribution in [0.15, 0.2) is 0 Å². The first-order chi connectivity index (χ1) is 0. The predicted molar refractivity (Wildman–Crippen MR) is 61.7 cm³/mol. The van der Waals surface area contributed by atoms with E-state index < -0.39 is 0 Å². The van der Waals surface area contributed by atoms with E-state index in [-0.39, 0.29) is 118 Å². The van der Waals surface area contributed by atoms with Gasteiger partial charge >= 0.3 is 0 Å². The van der Waals surface area contributed by atoms with Gasteiger partial charge in [-0.1, -0.05) is 0 Å². The van der Waals surface area contributed by atoms with Crippen LogP contribution in [-0.2, 0) is 21.7 Å². The van der Waals surface area contributed by atoms with E-state index in [0.29, 0.717) is 0 Å². The van der Waals surface area contributed by atoms with Crippen LogP contribution in [0.3, 0.4) is 0 Å². The molecule has 0 aromatic heterocycles. The SMILES string of the molecule is I.I.I.I.[Ti]. The largest absolute Gasteiger partial charge is 0.107 e. The first kappa shape index (κ1) is 38.1. The Kier molecular flexibility index (Phi) is 194. The number of hydrogen-bond donors (Lipinski definition) is 0. The topological polar surface area (TPSA) is 0 Å². The summed E-state index contributed by atoms with van der Waals surface area (Å²) in [5, 5.41) is 0. The molecule has 5 heteroatoms. The maximum absolute atomic E-state index is 0. The van der Waals surface area contributed by atoms with Gasteiger partial charge in [-0.25, -0.2) is 0 Å². The molecule has 0 aliphatic carbocycles. The summed E-state index contributed by atoms with van der Waals surface area (Å²) < 4.78 is 0. The third kappa shape index (κ3) is 18.3. The molecule has 0 unspecified atom stereocenters. The molecule has 0 aromatic carbocycles. The zero-order chi connectivity index (χ0) is 0. The fourth-order valence-electron chi connectivity index (χ4n) is 0. The van der Waals surface area contributed by atoms with Gasteiger partial charge in [-0.05, 0) is 0 Å². The van der Waals surface area contributed by atoms with E-state index in [9.17, 15) is 0 Å². The second-order valence-electron chi connectivity index (χ2n) is 0. The number of halogens is 4. The summed E-state index contributed by atoms with van der Waals surface area (Å²) in [4.78, 5) is 0. The van der Waals surface area contributed by atoms with Crippen LogP contribution in [0.5, 0.6) is 0 Å². The van der Waals surface area contributed by atoms with Crippen molar-refractivity contribution < 1.29 is 21.7 Å². The van der Waals surface area contributed by atoms with E-state index in [1.165, 1.54) is 0 Å². The molecular formula is H4I4Ti. The van der Waals surface area contributed by atoms with E-state index in [1.54, 1.807) is 0 Å². The third-order valence-corrected chi connectivity index (χ3v) is 0. The fraction of sp³-hybridized carbons (Fsp3) is 0. The summed E-state index contributed by atoms with van der Waals surface area (Å²) in [6.45, 7) is 0. The number of hydrogen-bond acceptors (Lipinski definition) is 0. The van der Waals surface area contributed by atoms with Crippen molar-refractivity contribution in [3.05, 3.63) is 0 Å². The van der Waals surface area contributed by atoms with Crippen LogP contribution in [-0.4, -0.2) is 0 Å². The molecule has 5 heavy (non-hydrogen) atoms. The molecule has 36 valence electrons. The Bertz CT molecular complexity index is 3.61. The quantitative estimate of drug-likeness (QED) is 0.316. The van der Waals surface area contributed by atoms with Gasteiger partial charge < -0.3 is 0 Å². The van der Waals surface area contributed by atoms with Crippen molar-refractivity contribution in [2.45, 2.75) is 0 Å². The van der Waals surface area contributed by atoms with Gasteiger partial charge in [-0.2, -0.15) is 0 Å². The van der Waals surface area contributed by atoms with Crippen LogP contribution < -0.4 is 0 Å². The maximum Gasteiger partial charge on any atom is 0 e. The molecule has 0 N–H and O–H groups in total. The van der Waals surface area contributed by atoms with Crippen LogP contribution in [0.2, 0.25) is 0 Å². The van der Waals surface area contributed by atoms with Crippen molar-refractivity contribution in [3.8, 4) is 0 Å². The summed E-state index contributed by atoms with van der Waals surface area (Å²) in [5.74, 6) is 0. The van der Waals surface area contributed by atoms with Gasteiger partial charge in [0.25, 0.3) is 0 Å². The molecule has 0 nitrogen and oxygen atoms in total. The molecule has 0 aliphatic rings. The second kappa shape index (κ2) is 25.4. The molecular weight excluding hydrogens is 555 g/mol. The summed E-state index contributed by atoms with van der Waals surface area (Å²) in [5.41, 5.74) is 0. The van der Waals surface area contributed by atoms with Crippen molar-refractivity contribution in [3.63, 3.8) is 0 Å². The Morgan fingerprint density at radius 1 is 0.400 bits per heavy atom. The molecule has 0 atom stereocenters. The second-order valence-corrected chi connectivity index (χ2v) is 0. The molecule has 0 saturated heterocycles. The van der Waals surface area contributed by atoms with Crippen molar-refractivity contribution in [1.29, 1.82) is 0 Å². The van der Waals surface area contributed by atoms with Gasteiger partial charge in [-0.15, -0.1) is 95.9 Å². The van der Waals surface area contributed by atoms with E-state index in [0.717, 1.165) is 0 Å². The van der Waals surface area contributed by atoms with Gasteiger partial charge in [0.2, 0.25) is 0 Å².